The van der Waals surface area contributed by atoms with E-state index in [1.165, 1.54) is 6.92 Å². The van der Waals surface area contributed by atoms with Crippen LogP contribution in [0.2, 0.25) is 0 Å². The van der Waals surface area contributed by atoms with Crippen LogP contribution < -0.4 is 16.6 Å². The van der Waals surface area contributed by atoms with Gasteiger partial charge in [0.05, 0.1) is 5.92 Å². The summed E-state index contributed by atoms with van der Waals surface area (Å²) in [6, 6.07) is 9.74. The second kappa shape index (κ2) is 8.75. The molecule has 9 nitrogen and oxygen atoms in total. The molecule has 0 radical (unpaired) electrons. The number of aromatic nitrogens is 2. The molecule has 1 aromatic heterocycles. The molecule has 2 heterocycles. The molecule has 0 saturated carbocycles. The monoisotopic (exact) mass is 420 g/mol. The highest BCUT2D eigenvalue weighted by atomic mass is 32.2. The van der Waals surface area contributed by atoms with Gasteiger partial charge >= 0.3 is 5.69 Å². The van der Waals surface area contributed by atoms with E-state index in [4.69, 9.17) is 0 Å². The minimum absolute atomic E-state index is 0.00247. The highest BCUT2D eigenvalue weighted by Crippen LogP contribution is 2.23. The van der Waals surface area contributed by atoms with Gasteiger partial charge in [-0.2, -0.15) is 4.31 Å². The van der Waals surface area contributed by atoms with Gasteiger partial charge in [-0.1, -0.05) is 30.3 Å². The molecule has 1 amide bonds. The molecule has 3 rings (SSSR count). The van der Waals surface area contributed by atoms with Crippen molar-refractivity contribution in [3.05, 3.63) is 62.4 Å². The molecule has 1 atom stereocenters. The summed E-state index contributed by atoms with van der Waals surface area (Å²) in [5.41, 5.74) is -0.636. The van der Waals surface area contributed by atoms with Crippen molar-refractivity contribution in [3.8, 4) is 0 Å². The molecule has 156 valence electrons. The van der Waals surface area contributed by atoms with Gasteiger partial charge in [0.2, 0.25) is 15.9 Å². The molecule has 1 fully saturated rings. The number of carbonyl (C=O) groups is 1. The summed E-state index contributed by atoms with van der Waals surface area (Å²) in [6.07, 6.45) is 1.77. The number of piperidine rings is 1. The largest absolute Gasteiger partial charge is 0.355 e. The molecule has 1 aliphatic rings. The minimum atomic E-state index is -4.13. The average molecular weight is 420 g/mol. The van der Waals surface area contributed by atoms with E-state index < -0.39 is 32.1 Å². The number of hydrogen-bond acceptors (Lipinski definition) is 5. The molecular formula is C19H24N4O5S. The first-order valence-corrected chi connectivity index (χ1v) is 10.9. The van der Waals surface area contributed by atoms with Crippen molar-refractivity contribution in [3.63, 3.8) is 0 Å². The molecule has 3 N–H and O–H groups in total. The molecule has 0 aliphatic carbocycles. The van der Waals surface area contributed by atoms with Crippen LogP contribution in [0.15, 0.2) is 44.8 Å². The summed E-state index contributed by atoms with van der Waals surface area (Å²) in [5.74, 6) is -0.690. The predicted molar refractivity (Wildman–Crippen MR) is 107 cm³/mol. The Morgan fingerprint density at radius 2 is 1.93 bits per heavy atom. The van der Waals surface area contributed by atoms with Crippen molar-refractivity contribution >= 4 is 15.9 Å². The van der Waals surface area contributed by atoms with Crippen LogP contribution in [-0.2, 0) is 21.2 Å². The lowest BCUT2D eigenvalue weighted by Gasteiger charge is -2.31. The molecule has 1 aromatic carbocycles. The van der Waals surface area contributed by atoms with Crippen LogP contribution in [0.1, 0.15) is 24.1 Å². The standard InChI is InChI=1S/C19H24N4O5S/c1-13-16(18(25)22-19(26)21-13)29(27,28)23-11-5-8-15(12-23)17(24)20-10-9-14-6-3-2-4-7-14/h2-4,6-7,15H,5,8-12H2,1H3,(H,20,24)(H2,21,22,25,26)/t15-/m1/s1. The number of nitrogens with zero attached hydrogens (tertiary/aromatic N) is 1. The second-order valence-corrected chi connectivity index (χ2v) is 8.97. The Hall–Kier alpha value is -2.72. The number of aryl methyl sites for hydroxylation is 1. The lowest BCUT2D eigenvalue weighted by Crippen LogP contribution is -2.47. The molecule has 29 heavy (non-hydrogen) atoms. The molecule has 2 aromatic rings. The van der Waals surface area contributed by atoms with Crippen LogP contribution in [0.25, 0.3) is 0 Å². The van der Waals surface area contributed by atoms with Crippen molar-refractivity contribution in [1.82, 2.24) is 19.6 Å². The van der Waals surface area contributed by atoms with Gasteiger partial charge in [0, 0.05) is 25.3 Å². The topological polar surface area (TPSA) is 132 Å². The van der Waals surface area contributed by atoms with E-state index in [0.29, 0.717) is 25.8 Å². The smallest absolute Gasteiger partial charge is 0.325 e. The van der Waals surface area contributed by atoms with Gasteiger partial charge < -0.3 is 10.3 Å². The normalized spacial score (nSPS) is 17.8. The van der Waals surface area contributed by atoms with Crippen molar-refractivity contribution < 1.29 is 13.2 Å². The van der Waals surface area contributed by atoms with Crippen molar-refractivity contribution in [2.75, 3.05) is 19.6 Å². The summed E-state index contributed by atoms with van der Waals surface area (Å²) in [4.78, 5) is 39.7. The van der Waals surface area contributed by atoms with E-state index in [2.05, 4.69) is 10.3 Å². The average Bonchev–Trinajstić information content (AvgIpc) is 2.68. The third kappa shape index (κ3) is 4.83. The Balaban J connectivity index is 1.67. The lowest BCUT2D eigenvalue weighted by molar-refractivity contribution is -0.126. The lowest BCUT2D eigenvalue weighted by atomic mass is 9.99. The Morgan fingerprint density at radius 1 is 1.21 bits per heavy atom. The van der Waals surface area contributed by atoms with Crippen molar-refractivity contribution in [1.29, 1.82) is 0 Å². The van der Waals surface area contributed by atoms with Crippen LogP contribution in [0, 0.1) is 12.8 Å². The highest BCUT2D eigenvalue weighted by Gasteiger charge is 2.35. The molecular weight excluding hydrogens is 396 g/mol. The molecule has 0 unspecified atom stereocenters. The molecule has 10 heteroatoms. The number of nitrogens with one attached hydrogen (secondary N) is 3. The Labute approximate surface area is 168 Å². The minimum Gasteiger partial charge on any atom is -0.355 e. The second-order valence-electron chi connectivity index (χ2n) is 7.09. The maximum absolute atomic E-state index is 13.0. The van der Waals surface area contributed by atoms with Crippen LogP contribution in [0.3, 0.4) is 0 Å². The maximum Gasteiger partial charge on any atom is 0.325 e. The van der Waals surface area contributed by atoms with Gasteiger partial charge in [-0.15, -0.1) is 0 Å². The Morgan fingerprint density at radius 3 is 2.62 bits per heavy atom. The predicted octanol–water partition coefficient (Wildman–Crippen LogP) is 0.131. The van der Waals surface area contributed by atoms with Crippen LogP contribution >= 0.6 is 0 Å². The van der Waals surface area contributed by atoms with Gasteiger partial charge in [-0.3, -0.25) is 14.6 Å². The Bertz CT molecular complexity index is 1090. The van der Waals surface area contributed by atoms with Crippen molar-refractivity contribution in [2.24, 2.45) is 5.92 Å². The number of amides is 1. The zero-order valence-corrected chi connectivity index (χ0v) is 16.9. The molecule has 0 spiro atoms. The number of benzene rings is 1. The SMILES string of the molecule is Cc1[nH]c(=O)[nH]c(=O)c1S(=O)(=O)N1CCC[C@@H](C(=O)NCCc2ccccc2)C1. The summed E-state index contributed by atoms with van der Waals surface area (Å²) < 4.78 is 27.1. The Kier molecular flexibility index (Phi) is 6.33. The zero-order chi connectivity index (χ0) is 21.0. The van der Waals surface area contributed by atoms with Gasteiger partial charge in [0.25, 0.3) is 5.56 Å². The third-order valence-electron chi connectivity index (χ3n) is 4.98. The summed E-state index contributed by atoms with van der Waals surface area (Å²) in [5, 5.41) is 2.87. The maximum atomic E-state index is 13.0. The molecule has 1 saturated heterocycles. The van der Waals surface area contributed by atoms with Crippen molar-refractivity contribution in [2.45, 2.75) is 31.1 Å². The number of hydrogen-bond donors (Lipinski definition) is 3. The zero-order valence-electron chi connectivity index (χ0n) is 16.1. The number of aromatic amines is 2. The molecule has 1 aliphatic heterocycles. The van der Waals surface area contributed by atoms with Gasteiger partial charge in [0.1, 0.15) is 0 Å². The van der Waals surface area contributed by atoms with E-state index in [9.17, 15) is 22.8 Å². The fourth-order valence-corrected chi connectivity index (χ4v) is 5.25. The van der Waals surface area contributed by atoms with Gasteiger partial charge in [0.15, 0.2) is 4.90 Å². The van der Waals surface area contributed by atoms with E-state index in [0.717, 1.165) is 9.87 Å². The number of sulfonamides is 1. The first kappa shape index (κ1) is 21.0. The first-order chi connectivity index (χ1) is 13.8. The molecule has 0 bridgehead atoms. The van der Waals surface area contributed by atoms with E-state index in [-0.39, 0.29) is 24.7 Å². The first-order valence-electron chi connectivity index (χ1n) is 9.44. The van der Waals surface area contributed by atoms with Crippen LogP contribution in [-0.4, -0.2) is 48.2 Å². The summed E-state index contributed by atoms with van der Waals surface area (Å²) in [7, 11) is -4.13. The highest BCUT2D eigenvalue weighted by molar-refractivity contribution is 7.89. The fourth-order valence-electron chi connectivity index (χ4n) is 3.52. The van der Waals surface area contributed by atoms with E-state index >= 15 is 0 Å². The van der Waals surface area contributed by atoms with Crippen LogP contribution in [0.5, 0.6) is 0 Å². The number of carbonyl (C=O) groups excluding carboxylic acids is 1. The van der Waals surface area contributed by atoms with Crippen LogP contribution in [0.4, 0.5) is 0 Å². The number of H-pyrrole nitrogens is 2. The quantitative estimate of drug-likeness (QED) is 0.611. The third-order valence-corrected chi connectivity index (χ3v) is 7.00. The number of rotatable bonds is 6. The van der Waals surface area contributed by atoms with E-state index in [1.54, 1.807) is 0 Å². The summed E-state index contributed by atoms with van der Waals surface area (Å²) in [6.45, 7) is 2.04. The van der Waals surface area contributed by atoms with E-state index in [1.807, 2.05) is 35.3 Å². The summed E-state index contributed by atoms with van der Waals surface area (Å²) >= 11 is 0. The fraction of sp³-hybridized carbons (Fsp3) is 0.421. The van der Waals surface area contributed by atoms with Gasteiger partial charge in [-0.25, -0.2) is 13.2 Å². The van der Waals surface area contributed by atoms with Gasteiger partial charge in [-0.05, 0) is 31.7 Å².